The molecule has 1 atom stereocenters. The molecule has 4 nitrogen and oxygen atoms in total. The molecule has 23 heavy (non-hydrogen) atoms. The summed E-state index contributed by atoms with van der Waals surface area (Å²) >= 11 is 0. The highest BCUT2D eigenvalue weighted by Gasteiger charge is 2.12. The Morgan fingerprint density at radius 3 is 2.30 bits per heavy atom. The van der Waals surface area contributed by atoms with Gasteiger partial charge in [0.15, 0.2) is 0 Å². The average molecular weight is 311 g/mol. The largest absolute Gasteiger partial charge is 0.352 e. The summed E-state index contributed by atoms with van der Waals surface area (Å²) in [6, 6.07) is 17.6. The van der Waals surface area contributed by atoms with Crippen molar-refractivity contribution in [2.24, 2.45) is 5.73 Å². The smallest absolute Gasteiger partial charge is 0.222 e. The summed E-state index contributed by atoms with van der Waals surface area (Å²) in [5.74, 6) is -0.0268. The van der Waals surface area contributed by atoms with Gasteiger partial charge in [0.2, 0.25) is 5.91 Å². The Morgan fingerprint density at radius 2 is 1.65 bits per heavy atom. The van der Waals surface area contributed by atoms with Crippen molar-refractivity contribution in [3.05, 3.63) is 71.3 Å². The van der Waals surface area contributed by atoms with Gasteiger partial charge in [0.05, 0.1) is 0 Å². The van der Waals surface area contributed by atoms with Gasteiger partial charge < -0.3 is 16.0 Å². The van der Waals surface area contributed by atoms with Gasteiger partial charge in [-0.25, -0.2) is 0 Å². The Hall–Kier alpha value is -2.17. The summed E-state index contributed by atoms with van der Waals surface area (Å²) in [7, 11) is 4.07. The van der Waals surface area contributed by atoms with Crippen LogP contribution in [-0.4, -0.2) is 24.9 Å². The first-order chi connectivity index (χ1) is 11.1. The second kappa shape index (κ2) is 8.46. The summed E-state index contributed by atoms with van der Waals surface area (Å²) < 4.78 is 0. The molecule has 0 spiro atoms. The first-order valence-corrected chi connectivity index (χ1v) is 7.85. The monoisotopic (exact) mass is 311 g/mol. The van der Waals surface area contributed by atoms with Crippen molar-refractivity contribution >= 4 is 5.91 Å². The summed E-state index contributed by atoms with van der Waals surface area (Å²) in [6.45, 7) is 1.39. The molecule has 2 aromatic carbocycles. The van der Waals surface area contributed by atoms with E-state index in [1.54, 1.807) is 0 Å². The molecule has 0 saturated carbocycles. The summed E-state index contributed by atoms with van der Waals surface area (Å²) in [5, 5.41) is 2.98. The molecule has 0 saturated heterocycles. The zero-order valence-corrected chi connectivity index (χ0v) is 13.8. The van der Waals surface area contributed by atoms with Crippen LogP contribution in [-0.2, 0) is 17.9 Å². The number of hydrogen-bond donors (Lipinski definition) is 2. The second-order valence-electron chi connectivity index (χ2n) is 6.00. The van der Waals surface area contributed by atoms with Crippen LogP contribution >= 0.6 is 0 Å². The zero-order chi connectivity index (χ0) is 16.7. The number of nitrogens with zero attached hydrogens (tertiary/aromatic N) is 1. The molecule has 0 bridgehead atoms. The Morgan fingerprint density at radius 1 is 1.04 bits per heavy atom. The van der Waals surface area contributed by atoms with Gasteiger partial charge in [0.1, 0.15) is 0 Å². The molecule has 4 heteroatoms. The van der Waals surface area contributed by atoms with E-state index in [9.17, 15) is 4.79 Å². The number of carbonyl (C=O) groups excluding carboxylic acids is 1. The van der Waals surface area contributed by atoms with Crippen molar-refractivity contribution in [3.63, 3.8) is 0 Å². The van der Waals surface area contributed by atoms with Gasteiger partial charge in [-0.05, 0) is 30.8 Å². The van der Waals surface area contributed by atoms with E-state index >= 15 is 0 Å². The fourth-order valence-electron chi connectivity index (χ4n) is 2.51. The number of hydrogen-bond acceptors (Lipinski definition) is 3. The molecule has 1 unspecified atom stereocenters. The zero-order valence-electron chi connectivity index (χ0n) is 13.8. The van der Waals surface area contributed by atoms with Crippen LogP contribution in [0.5, 0.6) is 0 Å². The quantitative estimate of drug-likeness (QED) is 0.826. The van der Waals surface area contributed by atoms with Crippen LogP contribution in [0.25, 0.3) is 0 Å². The molecule has 0 radical (unpaired) electrons. The molecular formula is C19H25N3O. The standard InChI is InChI=1S/C19H25N3O/c1-22(2)14-17-11-7-6-10-16(17)13-21-19(23)12-18(20)15-8-4-3-5-9-15/h3-11,18H,12-14,20H2,1-2H3,(H,21,23). The number of rotatable bonds is 7. The molecule has 0 fully saturated rings. The van der Waals surface area contributed by atoms with Gasteiger partial charge in [-0.2, -0.15) is 0 Å². The van der Waals surface area contributed by atoms with Gasteiger partial charge in [0.25, 0.3) is 0 Å². The lowest BCUT2D eigenvalue weighted by molar-refractivity contribution is -0.121. The second-order valence-corrected chi connectivity index (χ2v) is 6.00. The predicted octanol–water partition coefficient (Wildman–Crippen LogP) is 2.45. The van der Waals surface area contributed by atoms with Crippen molar-refractivity contribution in [1.29, 1.82) is 0 Å². The van der Waals surface area contributed by atoms with Gasteiger partial charge >= 0.3 is 0 Å². The molecule has 3 N–H and O–H groups in total. The lowest BCUT2D eigenvalue weighted by atomic mass is 10.0. The minimum absolute atomic E-state index is 0.0268. The Balaban J connectivity index is 1.90. The highest BCUT2D eigenvalue weighted by atomic mass is 16.1. The van der Waals surface area contributed by atoms with Gasteiger partial charge in [-0.15, -0.1) is 0 Å². The molecule has 1 amide bonds. The molecule has 2 aromatic rings. The fourth-order valence-corrected chi connectivity index (χ4v) is 2.51. The van der Waals surface area contributed by atoms with E-state index in [1.807, 2.05) is 56.6 Å². The number of nitrogens with one attached hydrogen (secondary N) is 1. The highest BCUT2D eigenvalue weighted by molar-refractivity contribution is 5.76. The van der Waals surface area contributed by atoms with Crippen LogP contribution in [0.2, 0.25) is 0 Å². The topological polar surface area (TPSA) is 58.4 Å². The normalized spacial score (nSPS) is 12.2. The Kier molecular flexibility index (Phi) is 6.32. The number of benzene rings is 2. The third-order valence-electron chi connectivity index (χ3n) is 3.71. The van der Waals surface area contributed by atoms with E-state index in [0.29, 0.717) is 13.0 Å². The fraction of sp³-hybridized carbons (Fsp3) is 0.316. The van der Waals surface area contributed by atoms with Crippen LogP contribution in [0.15, 0.2) is 54.6 Å². The number of carbonyl (C=O) groups is 1. The minimum atomic E-state index is -0.270. The maximum absolute atomic E-state index is 12.1. The third kappa shape index (κ3) is 5.51. The van der Waals surface area contributed by atoms with Crippen molar-refractivity contribution in [1.82, 2.24) is 10.2 Å². The molecule has 122 valence electrons. The van der Waals surface area contributed by atoms with Crippen LogP contribution in [0.1, 0.15) is 29.2 Å². The molecule has 0 heterocycles. The van der Waals surface area contributed by atoms with Crippen molar-refractivity contribution in [2.75, 3.05) is 14.1 Å². The van der Waals surface area contributed by atoms with Crippen LogP contribution in [0.4, 0.5) is 0 Å². The summed E-state index contributed by atoms with van der Waals surface area (Å²) in [5.41, 5.74) is 9.44. The lowest BCUT2D eigenvalue weighted by Crippen LogP contribution is -2.27. The third-order valence-corrected chi connectivity index (χ3v) is 3.71. The van der Waals surface area contributed by atoms with Crippen LogP contribution in [0, 0.1) is 0 Å². The first kappa shape index (κ1) is 17.2. The maximum atomic E-state index is 12.1. The van der Waals surface area contributed by atoms with Gasteiger partial charge in [-0.3, -0.25) is 4.79 Å². The first-order valence-electron chi connectivity index (χ1n) is 7.85. The van der Waals surface area contributed by atoms with E-state index in [1.165, 1.54) is 5.56 Å². The average Bonchev–Trinajstić information content (AvgIpc) is 2.54. The molecule has 0 aliphatic heterocycles. The van der Waals surface area contributed by atoms with E-state index in [0.717, 1.165) is 17.7 Å². The highest BCUT2D eigenvalue weighted by Crippen LogP contribution is 2.14. The molecule has 2 rings (SSSR count). The Bertz CT molecular complexity index is 626. The van der Waals surface area contributed by atoms with Crippen LogP contribution < -0.4 is 11.1 Å². The van der Waals surface area contributed by atoms with E-state index in [2.05, 4.69) is 22.3 Å². The molecular weight excluding hydrogens is 286 g/mol. The van der Waals surface area contributed by atoms with Gasteiger partial charge in [0, 0.05) is 25.6 Å². The summed E-state index contributed by atoms with van der Waals surface area (Å²) in [6.07, 6.45) is 0.292. The summed E-state index contributed by atoms with van der Waals surface area (Å²) in [4.78, 5) is 14.2. The minimum Gasteiger partial charge on any atom is -0.352 e. The van der Waals surface area contributed by atoms with Gasteiger partial charge in [-0.1, -0.05) is 54.6 Å². The van der Waals surface area contributed by atoms with Crippen molar-refractivity contribution in [2.45, 2.75) is 25.6 Å². The van der Waals surface area contributed by atoms with E-state index in [-0.39, 0.29) is 11.9 Å². The maximum Gasteiger partial charge on any atom is 0.222 e. The van der Waals surface area contributed by atoms with Crippen molar-refractivity contribution < 1.29 is 4.79 Å². The molecule has 0 aliphatic carbocycles. The van der Waals surface area contributed by atoms with E-state index in [4.69, 9.17) is 5.73 Å². The predicted molar refractivity (Wildman–Crippen MR) is 93.7 cm³/mol. The molecule has 0 aliphatic rings. The SMILES string of the molecule is CN(C)Cc1ccccc1CNC(=O)CC(N)c1ccccc1. The Labute approximate surface area is 138 Å². The van der Waals surface area contributed by atoms with Crippen LogP contribution in [0.3, 0.4) is 0 Å². The number of nitrogens with two attached hydrogens (primary N) is 1. The number of amides is 1. The van der Waals surface area contributed by atoms with E-state index < -0.39 is 0 Å². The van der Waals surface area contributed by atoms with Crippen molar-refractivity contribution in [3.8, 4) is 0 Å². The lowest BCUT2D eigenvalue weighted by Gasteiger charge is -2.16. The molecule has 0 aromatic heterocycles.